The van der Waals surface area contributed by atoms with Gasteiger partial charge in [-0.15, -0.1) is 0 Å². The van der Waals surface area contributed by atoms with E-state index in [0.29, 0.717) is 37.3 Å². The normalized spacial score (nSPS) is 19.7. The minimum atomic E-state index is -2.74. The lowest BCUT2D eigenvalue weighted by molar-refractivity contribution is -0.00493. The number of nitrogens with one attached hydrogen (secondary N) is 2. The number of H-pyrrole nitrogens is 1. The number of carbonyl (C=O) groups is 1. The molecule has 9 nitrogen and oxygen atoms in total. The van der Waals surface area contributed by atoms with Gasteiger partial charge >= 0.3 is 6.09 Å². The van der Waals surface area contributed by atoms with Crippen LogP contribution in [0.1, 0.15) is 79.0 Å². The maximum Gasteiger partial charge on any atom is 0.410 e. The fourth-order valence-corrected chi connectivity index (χ4v) is 13.1. The lowest BCUT2D eigenvalue weighted by Gasteiger charge is -2.43. The Bertz CT molecular complexity index is 1960. The van der Waals surface area contributed by atoms with Crippen LogP contribution in [0.4, 0.5) is 9.18 Å². The van der Waals surface area contributed by atoms with E-state index in [1.807, 2.05) is 44.7 Å². The second-order valence-corrected chi connectivity index (χ2v) is 21.1. The average Bonchev–Trinajstić information content (AvgIpc) is 3.40. The summed E-state index contributed by atoms with van der Waals surface area (Å²) in [5.41, 5.74) is 0.0368. The molecule has 0 saturated carbocycles. The third-order valence-corrected chi connectivity index (χ3v) is 15.9. The van der Waals surface area contributed by atoms with Crippen LogP contribution in [0.5, 0.6) is 5.88 Å². The number of nitrogens with zero attached hydrogens (tertiary/aromatic N) is 2. The van der Waals surface area contributed by atoms with Crippen molar-refractivity contribution in [3.63, 3.8) is 0 Å². The number of rotatable bonds is 10. The molecular weight excluding hydrogens is 711 g/mol. The summed E-state index contributed by atoms with van der Waals surface area (Å²) in [4.78, 5) is 36.0. The van der Waals surface area contributed by atoms with Gasteiger partial charge in [-0.3, -0.25) is 9.69 Å². The van der Waals surface area contributed by atoms with Gasteiger partial charge in [-0.2, -0.15) is 4.98 Å². The molecule has 2 aromatic carbocycles. The standard InChI is InChI=1S/C41H52ClFN4O5Si/c1-25-30(20-15-23-50-53(41(6,7)8,28-16-11-9-12-17-28)29-18-13-10-14-19-29)45-37(48)33-32(25)34(43)36(42)46-38(33)51-26(2)35-31-22-21-27(24-44-35)47(31)39(49)52-40(3,4)5/h9-14,16-19,26-27,31,35,44H,15,20-24H2,1-8H3,(H,45,48)/t26-,27+,31-,35+/m0/s1. The second kappa shape index (κ2) is 15.2. The van der Waals surface area contributed by atoms with Crippen LogP contribution in [-0.4, -0.2) is 72.3 Å². The van der Waals surface area contributed by atoms with Crippen molar-refractivity contribution in [3.8, 4) is 5.88 Å². The van der Waals surface area contributed by atoms with Gasteiger partial charge in [0.1, 0.15) is 17.1 Å². The van der Waals surface area contributed by atoms with Crippen LogP contribution >= 0.6 is 11.6 Å². The van der Waals surface area contributed by atoms with E-state index in [0.717, 1.165) is 12.8 Å². The number of amides is 1. The van der Waals surface area contributed by atoms with E-state index in [1.54, 1.807) is 6.92 Å². The highest BCUT2D eigenvalue weighted by molar-refractivity contribution is 6.99. The minimum Gasteiger partial charge on any atom is -0.472 e. The molecular formula is C41H52ClFN4O5Si. The van der Waals surface area contributed by atoms with E-state index in [2.05, 4.69) is 84.6 Å². The zero-order valence-electron chi connectivity index (χ0n) is 32.0. The van der Waals surface area contributed by atoms with Gasteiger partial charge in [0, 0.05) is 30.3 Å². The second-order valence-electron chi connectivity index (χ2n) is 16.4. The van der Waals surface area contributed by atoms with Crippen molar-refractivity contribution in [3.05, 3.63) is 93.2 Å². The first-order valence-corrected chi connectivity index (χ1v) is 20.9. The molecule has 1 amide bonds. The van der Waals surface area contributed by atoms with Crippen molar-refractivity contribution < 1.29 is 23.1 Å². The molecule has 2 aromatic heterocycles. The Morgan fingerprint density at radius 2 is 1.64 bits per heavy atom. The van der Waals surface area contributed by atoms with Crippen molar-refractivity contribution in [2.75, 3.05) is 13.2 Å². The summed E-state index contributed by atoms with van der Waals surface area (Å²) in [7, 11) is -2.74. The maximum atomic E-state index is 15.8. The first-order chi connectivity index (χ1) is 25.0. The summed E-state index contributed by atoms with van der Waals surface area (Å²) in [5, 5.41) is 5.45. The Morgan fingerprint density at radius 3 is 2.23 bits per heavy atom. The zero-order valence-corrected chi connectivity index (χ0v) is 33.8. The Morgan fingerprint density at radius 1 is 1.02 bits per heavy atom. The van der Waals surface area contributed by atoms with Crippen LogP contribution in [0, 0.1) is 12.7 Å². The molecule has 0 radical (unpaired) electrons. The van der Waals surface area contributed by atoms with Crippen molar-refractivity contribution in [1.82, 2.24) is 20.2 Å². The van der Waals surface area contributed by atoms with Gasteiger partial charge in [-0.25, -0.2) is 9.18 Å². The number of hydrogen-bond donors (Lipinski definition) is 2. The van der Waals surface area contributed by atoms with Gasteiger partial charge in [0.25, 0.3) is 13.9 Å². The quantitative estimate of drug-likeness (QED) is 0.102. The molecule has 12 heteroatoms. The smallest absolute Gasteiger partial charge is 0.410 e. The SMILES string of the molecule is Cc1c(CCCO[Si](c2ccccc2)(c2ccccc2)C(C)(C)C)[nH]c(=O)c2c(O[C@@H](C)[C@H]3NC[C@H]4CC[C@@H]3N4C(=O)OC(C)(C)C)nc(Cl)c(F)c12. The molecule has 6 rings (SSSR count). The van der Waals surface area contributed by atoms with Crippen molar-refractivity contribution in [2.45, 2.75) is 116 Å². The van der Waals surface area contributed by atoms with Crippen LogP contribution < -0.4 is 26.0 Å². The maximum absolute atomic E-state index is 15.8. The van der Waals surface area contributed by atoms with E-state index in [9.17, 15) is 9.59 Å². The van der Waals surface area contributed by atoms with Crippen molar-refractivity contribution in [1.29, 1.82) is 0 Å². The van der Waals surface area contributed by atoms with Gasteiger partial charge in [0.15, 0.2) is 11.0 Å². The molecule has 2 aliphatic rings. The van der Waals surface area contributed by atoms with Gasteiger partial charge in [0.05, 0.1) is 12.1 Å². The molecule has 2 bridgehead atoms. The van der Waals surface area contributed by atoms with E-state index in [1.165, 1.54) is 10.4 Å². The number of pyridine rings is 2. The molecule has 284 valence electrons. The van der Waals surface area contributed by atoms with Gasteiger partial charge in [0.2, 0.25) is 5.88 Å². The number of piperazine rings is 1. The minimum absolute atomic E-state index is 0.00710. The van der Waals surface area contributed by atoms with Gasteiger partial charge < -0.3 is 24.2 Å². The Labute approximate surface area is 317 Å². The largest absolute Gasteiger partial charge is 0.472 e. The lowest BCUT2D eigenvalue weighted by atomic mass is 10.00. The number of ether oxygens (including phenoxy) is 2. The third-order valence-electron chi connectivity index (χ3n) is 10.6. The van der Waals surface area contributed by atoms with Crippen LogP contribution in [0.15, 0.2) is 65.5 Å². The highest BCUT2D eigenvalue weighted by Crippen LogP contribution is 2.38. The Kier molecular flexibility index (Phi) is 11.1. The number of halogens is 2. The summed E-state index contributed by atoms with van der Waals surface area (Å²) in [6.45, 7) is 16.9. The number of carbonyl (C=O) groups excluding carboxylic acids is 1. The summed E-state index contributed by atoms with van der Waals surface area (Å²) >= 11 is 6.38. The Hall–Kier alpha value is -3.77. The topological polar surface area (TPSA) is 106 Å². The van der Waals surface area contributed by atoms with Crippen LogP contribution in [0.3, 0.4) is 0 Å². The highest BCUT2D eigenvalue weighted by Gasteiger charge is 2.50. The molecule has 53 heavy (non-hydrogen) atoms. The summed E-state index contributed by atoms with van der Waals surface area (Å²) < 4.78 is 35.0. The molecule has 2 N–H and O–H groups in total. The molecule has 2 fully saturated rings. The first-order valence-electron chi connectivity index (χ1n) is 18.6. The van der Waals surface area contributed by atoms with E-state index < -0.39 is 31.4 Å². The van der Waals surface area contributed by atoms with Crippen LogP contribution in [0.25, 0.3) is 10.8 Å². The number of benzene rings is 2. The number of aromatic nitrogens is 2. The molecule has 0 spiro atoms. The molecule has 2 saturated heterocycles. The fourth-order valence-electron chi connectivity index (χ4n) is 8.29. The van der Waals surface area contributed by atoms with E-state index in [-0.39, 0.29) is 51.1 Å². The third kappa shape index (κ3) is 7.63. The van der Waals surface area contributed by atoms with E-state index in [4.69, 9.17) is 25.5 Å². The number of aryl methyl sites for hydroxylation is 2. The van der Waals surface area contributed by atoms with Gasteiger partial charge in [-0.1, -0.05) is 93.0 Å². The number of fused-ring (bicyclic) bond motifs is 3. The number of hydrogen-bond acceptors (Lipinski definition) is 7. The molecule has 4 heterocycles. The van der Waals surface area contributed by atoms with Crippen LogP contribution in [0.2, 0.25) is 10.2 Å². The molecule has 0 aliphatic carbocycles. The Balaban J connectivity index is 1.24. The number of aromatic amines is 1. The summed E-state index contributed by atoms with van der Waals surface area (Å²) in [6, 6.07) is 20.4. The summed E-state index contributed by atoms with van der Waals surface area (Å²) in [5.74, 6) is -0.809. The van der Waals surface area contributed by atoms with Crippen LogP contribution in [-0.2, 0) is 15.6 Å². The van der Waals surface area contributed by atoms with Gasteiger partial charge in [-0.05, 0) is 81.3 Å². The fraction of sp³-hybridized carbons (Fsp3) is 0.488. The van der Waals surface area contributed by atoms with Crippen molar-refractivity contribution >= 4 is 47.2 Å². The predicted molar refractivity (Wildman–Crippen MR) is 211 cm³/mol. The zero-order chi connectivity index (χ0) is 38.3. The molecule has 0 unspecified atom stereocenters. The highest BCUT2D eigenvalue weighted by atomic mass is 35.5. The molecule has 4 atom stereocenters. The molecule has 4 aromatic rings. The van der Waals surface area contributed by atoms with Crippen molar-refractivity contribution in [2.24, 2.45) is 0 Å². The lowest BCUT2D eigenvalue weighted by Crippen LogP contribution is -2.66. The molecule has 2 aliphatic heterocycles. The predicted octanol–water partition coefficient (Wildman–Crippen LogP) is 7.04. The van der Waals surface area contributed by atoms with E-state index >= 15 is 4.39 Å². The summed E-state index contributed by atoms with van der Waals surface area (Å²) in [6.07, 6.45) is 1.77. The first kappa shape index (κ1) is 38.9. The monoisotopic (exact) mass is 762 g/mol. The average molecular weight is 763 g/mol.